The van der Waals surface area contributed by atoms with E-state index in [-0.39, 0.29) is 5.91 Å². The lowest BCUT2D eigenvalue weighted by Crippen LogP contribution is -2.13. The number of carbonyl (C=O) groups excluding carboxylic acids is 1. The summed E-state index contributed by atoms with van der Waals surface area (Å²) < 4.78 is 5.44. The minimum Gasteiger partial charge on any atom is -0.494 e. The molecule has 0 heterocycles. The Labute approximate surface area is 154 Å². The van der Waals surface area contributed by atoms with Crippen molar-refractivity contribution in [3.05, 3.63) is 96.1 Å². The molecule has 0 atom stereocenters. The molecule has 3 nitrogen and oxygen atoms in total. The van der Waals surface area contributed by atoms with Gasteiger partial charge in [0.15, 0.2) is 0 Å². The first-order chi connectivity index (χ1) is 12.8. The molecule has 1 amide bonds. The van der Waals surface area contributed by atoms with Crippen LogP contribution >= 0.6 is 0 Å². The van der Waals surface area contributed by atoms with Crippen LogP contribution in [0.4, 0.5) is 5.69 Å². The number of amides is 1. The van der Waals surface area contributed by atoms with Crippen molar-refractivity contribution in [3.8, 4) is 5.75 Å². The van der Waals surface area contributed by atoms with E-state index in [4.69, 9.17) is 4.74 Å². The summed E-state index contributed by atoms with van der Waals surface area (Å²) in [5.41, 5.74) is 3.20. The number of ether oxygens (including phenoxy) is 1. The molecule has 0 aliphatic rings. The Morgan fingerprint density at radius 2 is 1.50 bits per heavy atom. The molecular weight excluding hydrogens is 322 g/mol. The maximum atomic E-state index is 12.9. The van der Waals surface area contributed by atoms with Crippen molar-refractivity contribution in [1.29, 1.82) is 0 Å². The summed E-state index contributed by atoms with van der Waals surface area (Å²) in [4.78, 5) is 12.9. The standard InChI is InChI=1S/C23H21NO2/c1-2-26-21-15-13-20(14-16-21)24-23(25)22(19-11-7-4-8-12-19)17-18-9-5-3-6-10-18/h3-17H,2H2,1H3,(H,24,25)/b22-17+. The molecule has 1 N–H and O–H groups in total. The third kappa shape index (κ3) is 4.61. The first kappa shape index (κ1) is 17.5. The molecule has 0 unspecified atom stereocenters. The highest BCUT2D eigenvalue weighted by atomic mass is 16.5. The van der Waals surface area contributed by atoms with Crippen LogP contribution in [0.1, 0.15) is 18.1 Å². The van der Waals surface area contributed by atoms with Crippen LogP contribution in [-0.4, -0.2) is 12.5 Å². The van der Waals surface area contributed by atoms with Gasteiger partial charge in [-0.25, -0.2) is 0 Å². The van der Waals surface area contributed by atoms with Crippen LogP contribution < -0.4 is 10.1 Å². The summed E-state index contributed by atoms with van der Waals surface area (Å²) in [7, 11) is 0. The number of hydrogen-bond acceptors (Lipinski definition) is 2. The lowest BCUT2D eigenvalue weighted by atomic mass is 10.0. The summed E-state index contributed by atoms with van der Waals surface area (Å²) in [6, 6.07) is 26.9. The summed E-state index contributed by atoms with van der Waals surface area (Å²) in [5, 5.41) is 2.97. The zero-order valence-electron chi connectivity index (χ0n) is 14.7. The molecule has 3 aromatic carbocycles. The van der Waals surface area contributed by atoms with Gasteiger partial charge in [0, 0.05) is 11.3 Å². The van der Waals surface area contributed by atoms with Gasteiger partial charge in [-0.1, -0.05) is 60.7 Å². The Morgan fingerprint density at radius 3 is 2.12 bits per heavy atom. The fourth-order valence-electron chi connectivity index (χ4n) is 2.61. The molecule has 3 rings (SSSR count). The normalized spacial score (nSPS) is 11.0. The minimum atomic E-state index is -0.149. The fourth-order valence-corrected chi connectivity index (χ4v) is 2.61. The van der Waals surface area contributed by atoms with Crippen LogP contribution in [0.3, 0.4) is 0 Å². The molecule has 0 aliphatic carbocycles. The average Bonchev–Trinajstić information content (AvgIpc) is 2.69. The van der Waals surface area contributed by atoms with Gasteiger partial charge in [0.1, 0.15) is 5.75 Å². The summed E-state index contributed by atoms with van der Waals surface area (Å²) in [6.07, 6.45) is 1.90. The van der Waals surface area contributed by atoms with Gasteiger partial charge in [0.05, 0.1) is 6.61 Å². The van der Waals surface area contributed by atoms with E-state index in [9.17, 15) is 4.79 Å². The van der Waals surface area contributed by atoms with Crippen molar-refractivity contribution in [3.63, 3.8) is 0 Å². The second-order valence-electron chi connectivity index (χ2n) is 5.75. The van der Waals surface area contributed by atoms with Crippen LogP contribution in [0.15, 0.2) is 84.9 Å². The Morgan fingerprint density at radius 1 is 0.885 bits per heavy atom. The van der Waals surface area contributed by atoms with E-state index in [1.54, 1.807) is 0 Å². The average molecular weight is 343 g/mol. The van der Waals surface area contributed by atoms with Gasteiger partial charge >= 0.3 is 0 Å². The van der Waals surface area contributed by atoms with Crippen LogP contribution in [0.2, 0.25) is 0 Å². The van der Waals surface area contributed by atoms with Crippen molar-refractivity contribution >= 4 is 23.2 Å². The molecule has 26 heavy (non-hydrogen) atoms. The highest BCUT2D eigenvalue weighted by molar-refractivity contribution is 6.29. The van der Waals surface area contributed by atoms with Gasteiger partial charge in [0.2, 0.25) is 0 Å². The Balaban J connectivity index is 1.87. The van der Waals surface area contributed by atoms with Gasteiger partial charge in [-0.15, -0.1) is 0 Å². The van der Waals surface area contributed by atoms with Crippen molar-refractivity contribution < 1.29 is 9.53 Å². The first-order valence-corrected chi connectivity index (χ1v) is 8.62. The smallest absolute Gasteiger partial charge is 0.256 e. The van der Waals surface area contributed by atoms with Gasteiger partial charge in [-0.2, -0.15) is 0 Å². The maximum absolute atomic E-state index is 12.9. The quantitative estimate of drug-likeness (QED) is 0.489. The van der Waals surface area contributed by atoms with Gasteiger partial charge in [-0.3, -0.25) is 4.79 Å². The van der Waals surface area contributed by atoms with Crippen LogP contribution in [0.5, 0.6) is 5.75 Å². The SMILES string of the molecule is CCOc1ccc(NC(=O)/C(=C/c2ccccc2)c2ccccc2)cc1. The van der Waals surface area contributed by atoms with Crippen molar-refractivity contribution in [2.75, 3.05) is 11.9 Å². The zero-order valence-corrected chi connectivity index (χ0v) is 14.7. The first-order valence-electron chi connectivity index (χ1n) is 8.62. The monoisotopic (exact) mass is 343 g/mol. The molecule has 0 spiro atoms. The van der Waals surface area contributed by atoms with Crippen LogP contribution in [-0.2, 0) is 4.79 Å². The lowest BCUT2D eigenvalue weighted by Gasteiger charge is -2.11. The minimum absolute atomic E-state index is 0.149. The molecule has 0 radical (unpaired) electrons. The van der Waals surface area contributed by atoms with E-state index < -0.39 is 0 Å². The lowest BCUT2D eigenvalue weighted by molar-refractivity contribution is -0.111. The Bertz CT molecular complexity index is 869. The number of rotatable bonds is 6. The Hall–Kier alpha value is -3.33. The Kier molecular flexibility index (Phi) is 5.84. The molecule has 0 fully saturated rings. The van der Waals surface area contributed by atoms with Crippen LogP contribution in [0, 0.1) is 0 Å². The highest BCUT2D eigenvalue weighted by Gasteiger charge is 2.12. The molecule has 0 saturated carbocycles. The molecule has 0 saturated heterocycles. The van der Waals surface area contributed by atoms with Crippen molar-refractivity contribution in [2.45, 2.75) is 6.92 Å². The summed E-state index contributed by atoms with van der Waals surface area (Å²) in [6.45, 7) is 2.56. The molecule has 3 aromatic rings. The number of nitrogens with one attached hydrogen (secondary N) is 1. The van der Waals surface area contributed by atoms with E-state index in [1.807, 2.05) is 97.9 Å². The van der Waals surface area contributed by atoms with Gasteiger partial charge in [-0.05, 0) is 48.4 Å². The predicted molar refractivity (Wildman–Crippen MR) is 107 cm³/mol. The fraction of sp³-hybridized carbons (Fsp3) is 0.0870. The molecule has 0 aliphatic heterocycles. The van der Waals surface area contributed by atoms with E-state index >= 15 is 0 Å². The second-order valence-corrected chi connectivity index (χ2v) is 5.75. The van der Waals surface area contributed by atoms with E-state index in [0.717, 1.165) is 22.6 Å². The van der Waals surface area contributed by atoms with Gasteiger partial charge in [0.25, 0.3) is 5.91 Å². The summed E-state index contributed by atoms with van der Waals surface area (Å²) in [5.74, 6) is 0.637. The highest BCUT2D eigenvalue weighted by Crippen LogP contribution is 2.22. The third-order valence-corrected chi connectivity index (χ3v) is 3.86. The van der Waals surface area contributed by atoms with Crippen LogP contribution in [0.25, 0.3) is 11.6 Å². The van der Waals surface area contributed by atoms with E-state index in [1.165, 1.54) is 0 Å². The molecule has 130 valence electrons. The topological polar surface area (TPSA) is 38.3 Å². The number of carbonyl (C=O) groups is 1. The second kappa shape index (κ2) is 8.67. The van der Waals surface area contributed by atoms with Crippen molar-refractivity contribution in [1.82, 2.24) is 0 Å². The molecular formula is C23H21NO2. The van der Waals surface area contributed by atoms with Gasteiger partial charge < -0.3 is 10.1 Å². The summed E-state index contributed by atoms with van der Waals surface area (Å²) >= 11 is 0. The van der Waals surface area contributed by atoms with E-state index in [2.05, 4.69) is 5.32 Å². The maximum Gasteiger partial charge on any atom is 0.256 e. The van der Waals surface area contributed by atoms with E-state index in [0.29, 0.717) is 12.2 Å². The number of anilines is 1. The number of benzene rings is 3. The third-order valence-electron chi connectivity index (χ3n) is 3.86. The van der Waals surface area contributed by atoms with Crippen molar-refractivity contribution in [2.24, 2.45) is 0 Å². The largest absolute Gasteiger partial charge is 0.494 e. The molecule has 0 aromatic heterocycles. The molecule has 0 bridgehead atoms. The number of hydrogen-bond donors (Lipinski definition) is 1. The predicted octanol–water partition coefficient (Wildman–Crippen LogP) is 5.26. The molecule has 3 heteroatoms. The zero-order chi connectivity index (χ0) is 18.2.